The number of amides is 1. The molecule has 1 amide bonds. The molecule has 7 heteroatoms. The van der Waals surface area contributed by atoms with Gasteiger partial charge in [-0.3, -0.25) is 4.79 Å². The van der Waals surface area contributed by atoms with Crippen molar-refractivity contribution in [1.82, 2.24) is 15.5 Å². The lowest BCUT2D eigenvalue weighted by atomic mass is 9.90. The van der Waals surface area contributed by atoms with Crippen LogP contribution in [0.15, 0.2) is 40.0 Å². The van der Waals surface area contributed by atoms with E-state index in [-0.39, 0.29) is 11.8 Å². The van der Waals surface area contributed by atoms with Gasteiger partial charge in [-0.2, -0.15) is 5.26 Å². The quantitative estimate of drug-likeness (QED) is 0.809. The van der Waals surface area contributed by atoms with Crippen LogP contribution in [0.25, 0.3) is 11.5 Å². The molecule has 2 atom stereocenters. The van der Waals surface area contributed by atoms with E-state index in [0.29, 0.717) is 11.1 Å². The fourth-order valence-corrected chi connectivity index (χ4v) is 2.50. The monoisotopic (exact) mass is 344 g/mol. The smallest absolute Gasteiger partial charge is 0.277 e. The predicted molar refractivity (Wildman–Crippen MR) is 92.1 cm³/mol. The molecule has 24 heavy (non-hydrogen) atoms. The Morgan fingerprint density at radius 2 is 1.96 bits per heavy atom. The van der Waals surface area contributed by atoms with E-state index in [9.17, 15) is 10.1 Å². The molecular weight excluding hydrogens is 324 g/mol. The third kappa shape index (κ3) is 4.15. The van der Waals surface area contributed by atoms with Crippen LogP contribution in [-0.2, 0) is 4.79 Å². The van der Waals surface area contributed by atoms with Gasteiger partial charge < -0.3 is 9.73 Å². The van der Waals surface area contributed by atoms with Crippen LogP contribution in [-0.4, -0.2) is 26.9 Å². The van der Waals surface area contributed by atoms with Gasteiger partial charge in [0.25, 0.3) is 5.22 Å². The van der Waals surface area contributed by atoms with Gasteiger partial charge in [0.1, 0.15) is 5.54 Å². The van der Waals surface area contributed by atoms with E-state index in [0.717, 1.165) is 5.56 Å². The van der Waals surface area contributed by atoms with E-state index in [1.54, 1.807) is 13.8 Å². The Bertz CT molecular complexity index is 739. The standard InChI is InChI=1S/C17H20N4O2S/c1-11(2)17(4,10-18)19-14(22)12(3)24-16-21-20-15(23-16)13-8-6-5-7-9-13/h5-9,11-12H,1-4H3,(H,19,22)/t12-,17+/m1/s1. The maximum absolute atomic E-state index is 12.3. The topological polar surface area (TPSA) is 91.8 Å². The van der Waals surface area contributed by atoms with Crippen molar-refractivity contribution in [2.45, 2.75) is 43.7 Å². The number of nitriles is 1. The Hall–Kier alpha value is -2.33. The van der Waals surface area contributed by atoms with E-state index in [1.165, 1.54) is 11.8 Å². The molecule has 2 aromatic rings. The molecule has 0 aliphatic heterocycles. The van der Waals surface area contributed by atoms with E-state index in [4.69, 9.17) is 4.42 Å². The summed E-state index contributed by atoms with van der Waals surface area (Å²) in [7, 11) is 0. The summed E-state index contributed by atoms with van der Waals surface area (Å²) >= 11 is 1.17. The maximum Gasteiger partial charge on any atom is 0.277 e. The molecule has 0 aliphatic carbocycles. The lowest BCUT2D eigenvalue weighted by molar-refractivity contribution is -0.121. The van der Waals surface area contributed by atoms with Gasteiger partial charge in [0, 0.05) is 5.56 Å². The van der Waals surface area contributed by atoms with Crippen molar-refractivity contribution in [1.29, 1.82) is 5.26 Å². The van der Waals surface area contributed by atoms with Crippen LogP contribution in [0.1, 0.15) is 27.7 Å². The molecule has 2 rings (SSSR count). The number of carbonyl (C=O) groups excluding carboxylic acids is 1. The third-order valence-electron chi connectivity index (χ3n) is 3.84. The van der Waals surface area contributed by atoms with Gasteiger partial charge in [-0.05, 0) is 31.9 Å². The fraction of sp³-hybridized carbons (Fsp3) is 0.412. The van der Waals surface area contributed by atoms with Crippen molar-refractivity contribution < 1.29 is 9.21 Å². The minimum atomic E-state index is -0.907. The molecule has 0 fully saturated rings. The van der Waals surface area contributed by atoms with Crippen molar-refractivity contribution in [3.63, 3.8) is 0 Å². The summed E-state index contributed by atoms with van der Waals surface area (Å²) in [6, 6.07) is 11.6. The van der Waals surface area contributed by atoms with Crippen LogP contribution >= 0.6 is 11.8 Å². The maximum atomic E-state index is 12.3. The number of benzene rings is 1. The van der Waals surface area contributed by atoms with Crippen LogP contribution in [0.5, 0.6) is 0 Å². The van der Waals surface area contributed by atoms with Gasteiger partial charge in [-0.25, -0.2) is 0 Å². The van der Waals surface area contributed by atoms with Gasteiger partial charge in [0.05, 0.1) is 11.3 Å². The van der Waals surface area contributed by atoms with Crippen molar-refractivity contribution >= 4 is 17.7 Å². The number of hydrogen-bond donors (Lipinski definition) is 1. The first-order valence-corrected chi connectivity index (χ1v) is 8.52. The van der Waals surface area contributed by atoms with E-state index in [1.807, 2.05) is 44.2 Å². The number of aromatic nitrogens is 2. The van der Waals surface area contributed by atoms with E-state index in [2.05, 4.69) is 21.6 Å². The molecule has 0 spiro atoms. The highest BCUT2D eigenvalue weighted by atomic mass is 32.2. The Balaban J connectivity index is 2.02. The van der Waals surface area contributed by atoms with Crippen LogP contribution in [0, 0.1) is 17.2 Å². The zero-order valence-electron chi connectivity index (χ0n) is 14.1. The lowest BCUT2D eigenvalue weighted by Crippen LogP contribution is -2.51. The normalized spacial score (nSPS) is 14.7. The number of carbonyl (C=O) groups is 1. The molecule has 0 saturated heterocycles. The molecule has 0 unspecified atom stereocenters. The largest absolute Gasteiger partial charge is 0.411 e. The molecule has 0 radical (unpaired) electrons. The van der Waals surface area contributed by atoms with Crippen molar-refractivity contribution in [2.24, 2.45) is 5.92 Å². The molecular formula is C17H20N4O2S. The van der Waals surface area contributed by atoms with E-state index < -0.39 is 10.8 Å². The van der Waals surface area contributed by atoms with Crippen LogP contribution < -0.4 is 5.32 Å². The molecule has 1 aromatic carbocycles. The number of nitrogens with one attached hydrogen (secondary N) is 1. The lowest BCUT2D eigenvalue weighted by Gasteiger charge is -2.28. The summed E-state index contributed by atoms with van der Waals surface area (Å²) in [4.78, 5) is 12.3. The number of nitrogens with zero attached hydrogens (tertiary/aromatic N) is 3. The Morgan fingerprint density at radius 1 is 1.29 bits per heavy atom. The van der Waals surface area contributed by atoms with Gasteiger partial charge in [0.2, 0.25) is 11.8 Å². The minimum absolute atomic E-state index is 0.00302. The summed E-state index contributed by atoms with van der Waals surface area (Å²) < 4.78 is 5.59. The first-order chi connectivity index (χ1) is 11.4. The van der Waals surface area contributed by atoms with Crippen molar-refractivity contribution in [2.75, 3.05) is 0 Å². The highest BCUT2D eigenvalue weighted by molar-refractivity contribution is 8.00. The predicted octanol–water partition coefficient (Wildman–Crippen LogP) is 3.27. The zero-order valence-corrected chi connectivity index (χ0v) is 14.9. The summed E-state index contributed by atoms with van der Waals surface area (Å²) in [6.45, 7) is 7.24. The van der Waals surface area contributed by atoms with Crippen LogP contribution in [0.3, 0.4) is 0 Å². The van der Waals surface area contributed by atoms with Crippen molar-refractivity contribution in [3.8, 4) is 17.5 Å². The molecule has 1 heterocycles. The molecule has 126 valence electrons. The van der Waals surface area contributed by atoms with Gasteiger partial charge in [0.15, 0.2) is 0 Å². The first kappa shape index (κ1) is 18.0. The van der Waals surface area contributed by atoms with Crippen LogP contribution in [0.2, 0.25) is 0 Å². The average molecular weight is 344 g/mol. The van der Waals surface area contributed by atoms with Gasteiger partial charge in [-0.1, -0.05) is 43.8 Å². The second kappa shape index (κ2) is 7.49. The SMILES string of the molecule is CC(C)[C@](C)(C#N)NC(=O)[C@@H](C)Sc1nnc(-c2ccccc2)o1. The third-order valence-corrected chi connectivity index (χ3v) is 4.78. The van der Waals surface area contributed by atoms with Crippen molar-refractivity contribution in [3.05, 3.63) is 30.3 Å². The van der Waals surface area contributed by atoms with Crippen LogP contribution in [0.4, 0.5) is 0 Å². The first-order valence-electron chi connectivity index (χ1n) is 7.64. The second-order valence-corrected chi connectivity index (χ2v) is 7.25. The zero-order chi connectivity index (χ0) is 17.7. The van der Waals surface area contributed by atoms with Gasteiger partial charge >= 0.3 is 0 Å². The molecule has 0 aliphatic rings. The number of thioether (sulfide) groups is 1. The second-order valence-electron chi connectivity index (χ2n) is 5.96. The molecule has 6 nitrogen and oxygen atoms in total. The summed E-state index contributed by atoms with van der Waals surface area (Å²) in [6.07, 6.45) is 0. The molecule has 0 saturated carbocycles. The fourth-order valence-electron chi connectivity index (χ4n) is 1.82. The Kier molecular flexibility index (Phi) is 5.62. The van der Waals surface area contributed by atoms with E-state index >= 15 is 0 Å². The highest BCUT2D eigenvalue weighted by Crippen LogP contribution is 2.26. The number of hydrogen-bond acceptors (Lipinski definition) is 6. The molecule has 0 bridgehead atoms. The highest BCUT2D eigenvalue weighted by Gasteiger charge is 2.32. The Morgan fingerprint density at radius 3 is 2.54 bits per heavy atom. The van der Waals surface area contributed by atoms with Gasteiger partial charge in [-0.15, -0.1) is 10.2 Å². The Labute approximate surface area is 145 Å². The summed E-state index contributed by atoms with van der Waals surface area (Å²) in [5, 5.41) is 19.9. The molecule has 1 N–H and O–H groups in total. The minimum Gasteiger partial charge on any atom is -0.411 e. The average Bonchev–Trinajstić information content (AvgIpc) is 3.03. The summed E-state index contributed by atoms with van der Waals surface area (Å²) in [5.74, 6) is 0.170. The molecule has 1 aromatic heterocycles. The summed E-state index contributed by atoms with van der Waals surface area (Å²) in [5.41, 5.74) is -0.0820. The number of rotatable bonds is 6.